The van der Waals surface area contributed by atoms with Gasteiger partial charge in [0.25, 0.3) is 0 Å². The van der Waals surface area contributed by atoms with E-state index in [0.717, 1.165) is 0 Å². The standard InChI is InChI=1S/C9H16O5/c1-10-6-5-4-13-9(14-5)8(12-3)7(6)11-2/h5-9H,4H2,1-3H3/t5-,6-,7-,8-,9-/m1/s1. The molecule has 0 unspecified atom stereocenters. The van der Waals surface area contributed by atoms with Crippen molar-refractivity contribution in [2.45, 2.75) is 30.7 Å². The molecule has 2 rings (SSSR count). The highest BCUT2D eigenvalue weighted by Crippen LogP contribution is 2.32. The Morgan fingerprint density at radius 3 is 2.14 bits per heavy atom. The summed E-state index contributed by atoms with van der Waals surface area (Å²) in [7, 11) is 4.91. The van der Waals surface area contributed by atoms with Gasteiger partial charge in [0, 0.05) is 21.3 Å². The van der Waals surface area contributed by atoms with E-state index >= 15 is 0 Å². The molecule has 0 saturated carbocycles. The maximum absolute atomic E-state index is 5.58. The lowest BCUT2D eigenvalue weighted by atomic mass is 10.0. The van der Waals surface area contributed by atoms with E-state index in [0.29, 0.717) is 6.61 Å². The first kappa shape index (κ1) is 10.3. The molecule has 2 heterocycles. The van der Waals surface area contributed by atoms with Crippen molar-refractivity contribution in [3.8, 4) is 0 Å². The van der Waals surface area contributed by atoms with Crippen LogP contribution in [0.4, 0.5) is 0 Å². The highest BCUT2D eigenvalue weighted by atomic mass is 16.8. The summed E-state index contributed by atoms with van der Waals surface area (Å²) in [6, 6.07) is 0. The topological polar surface area (TPSA) is 46.2 Å². The third-order valence-corrected chi connectivity index (χ3v) is 2.83. The van der Waals surface area contributed by atoms with Gasteiger partial charge in [0.05, 0.1) is 6.61 Å². The van der Waals surface area contributed by atoms with Crippen LogP contribution >= 0.6 is 0 Å². The molecule has 2 saturated heterocycles. The van der Waals surface area contributed by atoms with E-state index < -0.39 is 0 Å². The van der Waals surface area contributed by atoms with Crippen molar-refractivity contribution < 1.29 is 23.7 Å². The summed E-state index contributed by atoms with van der Waals surface area (Å²) in [6.07, 6.45) is -0.827. The molecule has 0 aromatic heterocycles. The van der Waals surface area contributed by atoms with Gasteiger partial charge < -0.3 is 23.7 Å². The third kappa shape index (κ3) is 1.45. The van der Waals surface area contributed by atoms with Crippen molar-refractivity contribution in [3.63, 3.8) is 0 Å². The molecule has 5 heteroatoms. The number of hydrogen-bond acceptors (Lipinski definition) is 5. The second-order valence-corrected chi connectivity index (χ2v) is 3.48. The Bertz CT molecular complexity index is 180. The molecule has 2 bridgehead atoms. The lowest BCUT2D eigenvalue weighted by Crippen LogP contribution is -2.56. The maximum Gasteiger partial charge on any atom is 0.187 e. The lowest BCUT2D eigenvalue weighted by molar-refractivity contribution is -0.246. The van der Waals surface area contributed by atoms with Crippen LogP contribution in [0.1, 0.15) is 0 Å². The van der Waals surface area contributed by atoms with Gasteiger partial charge >= 0.3 is 0 Å². The van der Waals surface area contributed by atoms with Crippen molar-refractivity contribution in [1.82, 2.24) is 0 Å². The average molecular weight is 204 g/mol. The largest absolute Gasteiger partial charge is 0.376 e. The van der Waals surface area contributed by atoms with Crippen LogP contribution in [0.15, 0.2) is 0 Å². The minimum atomic E-state index is -0.318. The summed E-state index contributed by atoms with van der Waals surface area (Å²) in [4.78, 5) is 0. The Morgan fingerprint density at radius 1 is 0.929 bits per heavy atom. The fourth-order valence-electron chi connectivity index (χ4n) is 2.14. The first-order valence-corrected chi connectivity index (χ1v) is 4.67. The van der Waals surface area contributed by atoms with Crippen LogP contribution in [-0.4, -0.2) is 58.6 Å². The molecule has 0 spiro atoms. The molecule has 0 aliphatic carbocycles. The maximum atomic E-state index is 5.58. The van der Waals surface area contributed by atoms with Crippen molar-refractivity contribution in [2.75, 3.05) is 27.9 Å². The van der Waals surface area contributed by atoms with Gasteiger partial charge in [0.15, 0.2) is 6.29 Å². The van der Waals surface area contributed by atoms with E-state index in [1.165, 1.54) is 0 Å². The van der Waals surface area contributed by atoms with Gasteiger partial charge in [0.1, 0.15) is 24.4 Å². The molecule has 5 nitrogen and oxygen atoms in total. The Kier molecular flexibility index (Phi) is 3.04. The number of ether oxygens (including phenoxy) is 5. The SMILES string of the molecule is CO[C@H]1[C@@H](OC)[C@@H]2OC[C@@H](O2)[C@H]1OC. The van der Waals surface area contributed by atoms with Crippen LogP contribution in [0.25, 0.3) is 0 Å². The van der Waals surface area contributed by atoms with Gasteiger partial charge in [-0.15, -0.1) is 0 Å². The first-order valence-electron chi connectivity index (χ1n) is 4.67. The predicted molar refractivity (Wildman–Crippen MR) is 47.0 cm³/mol. The normalized spacial score (nSPS) is 46.9. The fourth-order valence-corrected chi connectivity index (χ4v) is 2.14. The van der Waals surface area contributed by atoms with Gasteiger partial charge in [-0.05, 0) is 0 Å². The Morgan fingerprint density at radius 2 is 1.57 bits per heavy atom. The Labute approximate surface area is 83.2 Å². The van der Waals surface area contributed by atoms with Gasteiger partial charge in [-0.25, -0.2) is 0 Å². The van der Waals surface area contributed by atoms with Gasteiger partial charge in [-0.1, -0.05) is 0 Å². The van der Waals surface area contributed by atoms with E-state index in [-0.39, 0.29) is 30.7 Å². The molecule has 2 fully saturated rings. The average Bonchev–Trinajstić information content (AvgIpc) is 2.63. The third-order valence-electron chi connectivity index (χ3n) is 2.83. The number of rotatable bonds is 3. The summed E-state index contributed by atoms with van der Waals surface area (Å²) < 4.78 is 27.0. The quantitative estimate of drug-likeness (QED) is 0.636. The van der Waals surface area contributed by atoms with E-state index in [1.807, 2.05) is 0 Å². The van der Waals surface area contributed by atoms with E-state index in [9.17, 15) is 0 Å². The highest BCUT2D eigenvalue weighted by molar-refractivity contribution is 4.95. The molecule has 2 aliphatic rings. The summed E-state index contributed by atoms with van der Waals surface area (Å²) >= 11 is 0. The summed E-state index contributed by atoms with van der Waals surface area (Å²) in [5.41, 5.74) is 0. The Balaban J connectivity index is 2.16. The molecule has 5 atom stereocenters. The molecule has 0 aromatic carbocycles. The molecule has 14 heavy (non-hydrogen) atoms. The molecule has 82 valence electrons. The van der Waals surface area contributed by atoms with Crippen LogP contribution in [0.3, 0.4) is 0 Å². The van der Waals surface area contributed by atoms with Crippen LogP contribution in [0.2, 0.25) is 0 Å². The second kappa shape index (κ2) is 4.12. The van der Waals surface area contributed by atoms with Crippen LogP contribution in [0, 0.1) is 0 Å². The number of fused-ring (bicyclic) bond motifs is 2. The minimum Gasteiger partial charge on any atom is -0.376 e. The van der Waals surface area contributed by atoms with Gasteiger partial charge in [-0.3, -0.25) is 0 Å². The van der Waals surface area contributed by atoms with Crippen molar-refractivity contribution >= 4 is 0 Å². The van der Waals surface area contributed by atoms with Crippen LogP contribution in [0.5, 0.6) is 0 Å². The zero-order valence-electron chi connectivity index (χ0n) is 8.64. The monoisotopic (exact) mass is 204 g/mol. The summed E-state index contributed by atoms with van der Waals surface area (Å²) in [5.74, 6) is 0. The zero-order chi connectivity index (χ0) is 10.1. The van der Waals surface area contributed by atoms with Crippen molar-refractivity contribution in [1.29, 1.82) is 0 Å². The number of hydrogen-bond donors (Lipinski definition) is 0. The lowest BCUT2D eigenvalue weighted by Gasteiger charge is -2.38. The van der Waals surface area contributed by atoms with Crippen molar-refractivity contribution in [3.05, 3.63) is 0 Å². The second-order valence-electron chi connectivity index (χ2n) is 3.48. The summed E-state index contributed by atoms with van der Waals surface area (Å²) in [5, 5.41) is 0. The Hall–Kier alpha value is -0.200. The van der Waals surface area contributed by atoms with Gasteiger partial charge in [-0.2, -0.15) is 0 Å². The first-order chi connectivity index (χ1) is 6.81. The smallest absolute Gasteiger partial charge is 0.187 e. The molecule has 0 aromatic rings. The van der Waals surface area contributed by atoms with Crippen LogP contribution < -0.4 is 0 Å². The van der Waals surface area contributed by atoms with E-state index in [1.54, 1.807) is 21.3 Å². The molecular formula is C9H16O5. The zero-order valence-corrected chi connectivity index (χ0v) is 8.64. The van der Waals surface area contributed by atoms with Gasteiger partial charge in [0.2, 0.25) is 0 Å². The highest BCUT2D eigenvalue weighted by Gasteiger charge is 2.51. The molecule has 2 aliphatic heterocycles. The molecule has 0 N–H and O–H groups in total. The predicted octanol–water partition coefficient (Wildman–Crippen LogP) is -0.214. The molecule has 0 radical (unpaired) electrons. The fraction of sp³-hybridized carbons (Fsp3) is 1.00. The van der Waals surface area contributed by atoms with E-state index in [2.05, 4.69) is 0 Å². The number of methoxy groups -OCH3 is 3. The minimum absolute atomic E-state index is 0.0404. The van der Waals surface area contributed by atoms with Crippen LogP contribution in [-0.2, 0) is 23.7 Å². The van der Waals surface area contributed by atoms with E-state index in [4.69, 9.17) is 23.7 Å². The van der Waals surface area contributed by atoms with Crippen molar-refractivity contribution in [2.24, 2.45) is 0 Å². The summed E-state index contributed by atoms with van der Waals surface area (Å²) in [6.45, 7) is 0.545. The molecule has 0 amide bonds. The molecular weight excluding hydrogens is 188 g/mol.